The molecule has 0 aromatic heterocycles. The Morgan fingerprint density at radius 2 is 1.47 bits per heavy atom. The number of phenolic OH excluding ortho intramolecular Hbond substituents is 1. The highest BCUT2D eigenvalue weighted by atomic mass is 16.5. The molecule has 0 aliphatic heterocycles. The number of ether oxygens (including phenoxy) is 1. The van der Waals surface area contributed by atoms with Crippen molar-refractivity contribution in [3.8, 4) is 5.75 Å². The summed E-state index contributed by atoms with van der Waals surface area (Å²) in [7, 11) is 0. The molecule has 0 aliphatic rings. The number of benzene rings is 3. The molecular weight excluding hydrogens is 374 g/mol. The lowest BCUT2D eigenvalue weighted by molar-refractivity contribution is -0.145. The summed E-state index contributed by atoms with van der Waals surface area (Å²) in [4.78, 5) is 14.0. The van der Waals surface area contributed by atoms with E-state index in [-0.39, 0.29) is 18.3 Å². The molecule has 0 atom stereocenters. The number of esters is 1. The lowest BCUT2D eigenvalue weighted by Crippen LogP contribution is -2.22. The third kappa shape index (κ3) is 6.38. The van der Waals surface area contributed by atoms with Gasteiger partial charge in [0.05, 0.1) is 5.69 Å². The highest BCUT2D eigenvalue weighted by Gasteiger charge is 2.14. The minimum atomic E-state index is -0.183. The molecule has 30 heavy (non-hydrogen) atoms. The molecule has 4 nitrogen and oxygen atoms in total. The van der Waals surface area contributed by atoms with Gasteiger partial charge in [-0.15, -0.1) is 0 Å². The Labute approximate surface area is 178 Å². The van der Waals surface area contributed by atoms with Crippen LogP contribution in [0.2, 0.25) is 0 Å². The fourth-order valence-electron chi connectivity index (χ4n) is 3.30. The summed E-state index contributed by atoms with van der Waals surface area (Å²) in [6.07, 6.45) is 2.24. The standard InChI is InChI=1S/C26H29NO3/c1-2-3-14-26(29)30-20-23-15-16-25(28)24(17-23)27(18-21-10-6-4-7-11-21)19-22-12-8-5-9-13-22/h4-13,15-17,28H,2-3,14,18-20H2,1H3. The summed E-state index contributed by atoms with van der Waals surface area (Å²) < 4.78 is 5.40. The van der Waals surface area contributed by atoms with E-state index in [1.807, 2.05) is 49.4 Å². The second-order valence-corrected chi connectivity index (χ2v) is 7.41. The number of rotatable bonds is 10. The van der Waals surface area contributed by atoms with Crippen molar-refractivity contribution < 1.29 is 14.6 Å². The largest absolute Gasteiger partial charge is 0.506 e. The number of unbranched alkanes of at least 4 members (excludes halogenated alkanes) is 1. The highest BCUT2D eigenvalue weighted by Crippen LogP contribution is 2.31. The van der Waals surface area contributed by atoms with Crippen LogP contribution in [0.25, 0.3) is 0 Å². The van der Waals surface area contributed by atoms with Crippen molar-refractivity contribution in [3.63, 3.8) is 0 Å². The molecule has 0 heterocycles. The van der Waals surface area contributed by atoms with Crippen LogP contribution in [0.15, 0.2) is 78.9 Å². The summed E-state index contributed by atoms with van der Waals surface area (Å²) in [5.41, 5.74) is 3.90. The number of carbonyl (C=O) groups excluding carboxylic acids is 1. The molecule has 0 amide bonds. The van der Waals surface area contributed by atoms with Gasteiger partial charge in [0.25, 0.3) is 0 Å². The van der Waals surface area contributed by atoms with E-state index < -0.39 is 0 Å². The summed E-state index contributed by atoms with van der Waals surface area (Å²) in [5.74, 6) is 0.0276. The van der Waals surface area contributed by atoms with E-state index >= 15 is 0 Å². The summed E-state index contributed by atoms with van der Waals surface area (Å²) in [5, 5.41) is 10.6. The smallest absolute Gasteiger partial charge is 0.306 e. The Hall–Kier alpha value is -3.27. The van der Waals surface area contributed by atoms with E-state index in [1.165, 1.54) is 0 Å². The van der Waals surface area contributed by atoms with E-state index in [9.17, 15) is 9.90 Å². The molecule has 4 heteroatoms. The van der Waals surface area contributed by atoms with Gasteiger partial charge in [-0.1, -0.05) is 80.1 Å². The highest BCUT2D eigenvalue weighted by molar-refractivity contribution is 5.69. The van der Waals surface area contributed by atoms with Gasteiger partial charge >= 0.3 is 5.97 Å². The number of aromatic hydroxyl groups is 1. The molecule has 1 N–H and O–H groups in total. The van der Waals surface area contributed by atoms with Gasteiger partial charge < -0.3 is 14.7 Å². The zero-order chi connectivity index (χ0) is 21.2. The Morgan fingerprint density at radius 1 is 0.867 bits per heavy atom. The maximum atomic E-state index is 11.9. The third-order valence-corrected chi connectivity index (χ3v) is 4.95. The van der Waals surface area contributed by atoms with E-state index in [0.717, 1.165) is 35.2 Å². The fourth-order valence-corrected chi connectivity index (χ4v) is 3.30. The van der Waals surface area contributed by atoms with Gasteiger partial charge in [0.15, 0.2) is 0 Å². The van der Waals surface area contributed by atoms with Crippen LogP contribution >= 0.6 is 0 Å². The van der Waals surface area contributed by atoms with E-state index in [4.69, 9.17) is 4.74 Å². The van der Waals surface area contributed by atoms with Gasteiger partial charge in [-0.05, 0) is 35.2 Å². The number of carbonyl (C=O) groups is 1. The lowest BCUT2D eigenvalue weighted by atomic mass is 10.1. The van der Waals surface area contributed by atoms with Gasteiger partial charge in [0.2, 0.25) is 0 Å². The Morgan fingerprint density at radius 3 is 2.03 bits per heavy atom. The van der Waals surface area contributed by atoms with Crippen LogP contribution in [0.3, 0.4) is 0 Å². The molecule has 3 aromatic rings. The summed E-state index contributed by atoms with van der Waals surface area (Å²) in [6.45, 7) is 3.57. The van der Waals surface area contributed by atoms with Crippen molar-refractivity contribution in [2.75, 3.05) is 4.90 Å². The first-order valence-electron chi connectivity index (χ1n) is 10.5. The molecule has 0 aliphatic carbocycles. The van der Waals surface area contributed by atoms with Crippen molar-refractivity contribution in [3.05, 3.63) is 95.6 Å². The molecule has 0 spiro atoms. The van der Waals surface area contributed by atoms with Gasteiger partial charge in [-0.2, -0.15) is 0 Å². The quantitative estimate of drug-likeness (QED) is 0.433. The lowest BCUT2D eigenvalue weighted by Gasteiger charge is -2.26. The van der Waals surface area contributed by atoms with Gasteiger partial charge in [-0.3, -0.25) is 4.79 Å². The van der Waals surface area contributed by atoms with E-state index in [2.05, 4.69) is 29.2 Å². The minimum Gasteiger partial charge on any atom is -0.506 e. The molecule has 0 saturated heterocycles. The van der Waals surface area contributed by atoms with Crippen LogP contribution in [-0.4, -0.2) is 11.1 Å². The van der Waals surface area contributed by atoms with Gasteiger partial charge in [-0.25, -0.2) is 0 Å². The van der Waals surface area contributed by atoms with Gasteiger partial charge in [0, 0.05) is 19.5 Å². The first-order valence-corrected chi connectivity index (χ1v) is 10.5. The van der Waals surface area contributed by atoms with E-state index in [1.54, 1.807) is 12.1 Å². The van der Waals surface area contributed by atoms with Crippen LogP contribution in [-0.2, 0) is 29.2 Å². The third-order valence-electron chi connectivity index (χ3n) is 4.95. The van der Waals surface area contributed by atoms with Crippen molar-refractivity contribution >= 4 is 11.7 Å². The molecule has 0 saturated carbocycles. The average molecular weight is 404 g/mol. The Balaban J connectivity index is 1.81. The zero-order valence-electron chi connectivity index (χ0n) is 17.5. The van der Waals surface area contributed by atoms with Crippen molar-refractivity contribution in [2.45, 2.75) is 45.9 Å². The minimum absolute atomic E-state index is 0.183. The van der Waals surface area contributed by atoms with Crippen molar-refractivity contribution in [2.24, 2.45) is 0 Å². The molecule has 3 rings (SSSR count). The molecule has 156 valence electrons. The van der Waals surface area contributed by atoms with Crippen molar-refractivity contribution in [1.29, 1.82) is 0 Å². The van der Waals surface area contributed by atoms with Crippen LogP contribution in [0.5, 0.6) is 5.75 Å². The molecule has 0 fully saturated rings. The Bertz CT molecular complexity index is 884. The number of nitrogens with zero attached hydrogens (tertiary/aromatic N) is 1. The number of hydrogen-bond donors (Lipinski definition) is 1. The predicted octanol–water partition coefficient (Wildman–Crippen LogP) is 5.83. The van der Waals surface area contributed by atoms with Crippen LogP contribution in [0.4, 0.5) is 5.69 Å². The van der Waals surface area contributed by atoms with Crippen LogP contribution in [0.1, 0.15) is 42.9 Å². The van der Waals surface area contributed by atoms with Crippen LogP contribution < -0.4 is 4.90 Å². The molecule has 0 bridgehead atoms. The number of hydrogen-bond acceptors (Lipinski definition) is 4. The van der Waals surface area contributed by atoms with Crippen LogP contribution in [0, 0.1) is 0 Å². The topological polar surface area (TPSA) is 49.8 Å². The fraction of sp³-hybridized carbons (Fsp3) is 0.269. The first kappa shape index (κ1) is 21.4. The summed E-state index contributed by atoms with van der Waals surface area (Å²) >= 11 is 0. The number of anilines is 1. The van der Waals surface area contributed by atoms with Gasteiger partial charge in [0.1, 0.15) is 12.4 Å². The second-order valence-electron chi connectivity index (χ2n) is 7.41. The zero-order valence-corrected chi connectivity index (χ0v) is 17.5. The molecule has 3 aromatic carbocycles. The SMILES string of the molecule is CCCCC(=O)OCc1ccc(O)c(N(Cc2ccccc2)Cc2ccccc2)c1. The normalized spacial score (nSPS) is 10.6. The average Bonchev–Trinajstić information content (AvgIpc) is 2.78. The Kier molecular flexibility index (Phi) is 7.90. The first-order chi connectivity index (χ1) is 14.7. The molecule has 0 unspecified atom stereocenters. The maximum Gasteiger partial charge on any atom is 0.306 e. The maximum absolute atomic E-state index is 11.9. The number of phenols is 1. The predicted molar refractivity (Wildman–Crippen MR) is 120 cm³/mol. The van der Waals surface area contributed by atoms with E-state index in [0.29, 0.717) is 19.5 Å². The molecule has 0 radical (unpaired) electrons. The monoisotopic (exact) mass is 403 g/mol. The molecular formula is C26H29NO3. The van der Waals surface area contributed by atoms with Crippen molar-refractivity contribution in [1.82, 2.24) is 0 Å². The summed E-state index contributed by atoms with van der Waals surface area (Å²) in [6, 6.07) is 25.8. The second kappa shape index (κ2) is 11.1.